The minimum absolute atomic E-state index is 0.102. The Balaban J connectivity index is 1.52. The van der Waals surface area contributed by atoms with Gasteiger partial charge in [0.05, 0.1) is 24.9 Å². The Hall–Kier alpha value is -3.49. The minimum Gasteiger partial charge on any atom is -0.345 e. The zero-order chi connectivity index (χ0) is 23.8. The molecule has 1 unspecified atom stereocenters. The van der Waals surface area contributed by atoms with Gasteiger partial charge in [0.15, 0.2) is 5.78 Å². The number of Topliss-reactive ketones (excluding diaryl/α,β-unsaturated/α-hetero) is 2. The van der Waals surface area contributed by atoms with Crippen LogP contribution in [0.2, 0.25) is 0 Å². The van der Waals surface area contributed by atoms with Crippen LogP contribution >= 0.6 is 0 Å². The van der Waals surface area contributed by atoms with Crippen LogP contribution in [0, 0.1) is 0 Å². The number of carbonyl (C=O) groups excluding carboxylic acids is 4. The number of benzene rings is 2. The molecular formula is C24H21F3N2O4. The molecule has 0 radical (unpaired) electrons. The van der Waals surface area contributed by atoms with Gasteiger partial charge in [0.25, 0.3) is 11.8 Å². The van der Waals surface area contributed by atoms with E-state index in [1.807, 2.05) is 0 Å². The normalized spacial score (nSPS) is 19.4. The van der Waals surface area contributed by atoms with E-state index in [0.29, 0.717) is 16.7 Å². The van der Waals surface area contributed by atoms with Crippen molar-refractivity contribution < 1.29 is 32.3 Å². The van der Waals surface area contributed by atoms with Crippen molar-refractivity contribution in [3.8, 4) is 0 Å². The first-order valence-electron chi connectivity index (χ1n) is 10.5. The Morgan fingerprint density at radius 2 is 1.82 bits per heavy atom. The number of hydrogen-bond acceptors (Lipinski definition) is 4. The van der Waals surface area contributed by atoms with Gasteiger partial charge >= 0.3 is 6.18 Å². The van der Waals surface area contributed by atoms with Gasteiger partial charge in [0.2, 0.25) is 0 Å². The Bertz CT molecular complexity index is 1110. The molecule has 0 aromatic heterocycles. The van der Waals surface area contributed by atoms with Gasteiger partial charge in [0, 0.05) is 24.1 Å². The van der Waals surface area contributed by atoms with Crippen LogP contribution in [0.3, 0.4) is 0 Å². The summed E-state index contributed by atoms with van der Waals surface area (Å²) in [5.41, 5.74) is 1.31. The van der Waals surface area contributed by atoms with Crippen LogP contribution in [-0.2, 0) is 16.1 Å². The second-order valence-electron chi connectivity index (χ2n) is 8.30. The number of ketones is 2. The number of nitrogens with zero attached hydrogens (tertiary/aromatic N) is 1. The van der Waals surface area contributed by atoms with Crippen LogP contribution in [0.1, 0.15) is 63.6 Å². The lowest BCUT2D eigenvalue weighted by molar-refractivity contribution is -0.140. The molecule has 6 nitrogen and oxygen atoms in total. The summed E-state index contributed by atoms with van der Waals surface area (Å²) in [7, 11) is 0. The molecule has 33 heavy (non-hydrogen) atoms. The lowest BCUT2D eigenvalue weighted by Gasteiger charge is -2.29. The van der Waals surface area contributed by atoms with E-state index in [0.717, 1.165) is 0 Å². The first-order valence-corrected chi connectivity index (χ1v) is 10.5. The van der Waals surface area contributed by atoms with Gasteiger partial charge in [-0.2, -0.15) is 13.2 Å². The van der Waals surface area contributed by atoms with Crippen LogP contribution in [-0.4, -0.2) is 40.5 Å². The Kier molecular flexibility index (Phi) is 6.05. The van der Waals surface area contributed by atoms with Gasteiger partial charge in [-0.05, 0) is 35.7 Å². The van der Waals surface area contributed by atoms with Gasteiger partial charge in [-0.3, -0.25) is 19.2 Å². The highest BCUT2D eigenvalue weighted by Gasteiger charge is 2.39. The van der Waals surface area contributed by atoms with Crippen LogP contribution in [0.4, 0.5) is 13.2 Å². The zero-order valence-corrected chi connectivity index (χ0v) is 17.5. The summed E-state index contributed by atoms with van der Waals surface area (Å²) in [6.45, 7) is 0.102. The maximum absolute atomic E-state index is 13.1. The Labute approximate surface area is 187 Å². The largest absolute Gasteiger partial charge is 0.391 e. The smallest absolute Gasteiger partial charge is 0.345 e. The van der Waals surface area contributed by atoms with E-state index in [4.69, 9.17) is 0 Å². The van der Waals surface area contributed by atoms with Gasteiger partial charge in [-0.15, -0.1) is 0 Å². The van der Waals surface area contributed by atoms with E-state index < -0.39 is 30.6 Å². The van der Waals surface area contributed by atoms with Crippen molar-refractivity contribution >= 4 is 23.4 Å². The quantitative estimate of drug-likeness (QED) is 0.692. The fourth-order valence-corrected chi connectivity index (χ4v) is 4.34. The summed E-state index contributed by atoms with van der Waals surface area (Å²) in [5.74, 6) is -1.50. The molecule has 2 aromatic rings. The third kappa shape index (κ3) is 4.97. The molecule has 1 saturated carbocycles. The molecular weight excluding hydrogens is 437 g/mol. The molecule has 1 aliphatic carbocycles. The summed E-state index contributed by atoms with van der Waals surface area (Å²) in [5, 5.41) is 2.45. The van der Waals surface area contributed by atoms with Crippen LogP contribution in [0.15, 0.2) is 48.5 Å². The number of hydrogen-bond donors (Lipinski definition) is 1. The van der Waals surface area contributed by atoms with Crippen molar-refractivity contribution in [1.29, 1.82) is 0 Å². The summed E-state index contributed by atoms with van der Waals surface area (Å²) >= 11 is 0. The molecule has 2 aliphatic rings. The summed E-state index contributed by atoms with van der Waals surface area (Å²) < 4.78 is 39.3. The number of amides is 2. The highest BCUT2D eigenvalue weighted by molar-refractivity contribution is 6.08. The maximum Gasteiger partial charge on any atom is 0.391 e. The lowest BCUT2D eigenvalue weighted by Crippen LogP contribution is -2.44. The molecule has 1 heterocycles. The van der Waals surface area contributed by atoms with Gasteiger partial charge in [0.1, 0.15) is 5.78 Å². The predicted octanol–water partition coefficient (Wildman–Crippen LogP) is 3.76. The van der Waals surface area contributed by atoms with E-state index in [-0.39, 0.29) is 48.8 Å². The molecule has 1 N–H and O–H groups in total. The van der Waals surface area contributed by atoms with Gasteiger partial charge < -0.3 is 10.2 Å². The monoisotopic (exact) mass is 458 g/mol. The summed E-state index contributed by atoms with van der Waals surface area (Å²) in [6, 6.07) is 10.3. The highest BCUT2D eigenvalue weighted by Crippen LogP contribution is 2.31. The summed E-state index contributed by atoms with van der Waals surface area (Å²) in [6.07, 6.45) is -5.40. The van der Waals surface area contributed by atoms with E-state index in [1.165, 1.54) is 35.2 Å². The number of halogens is 3. The van der Waals surface area contributed by atoms with Crippen LogP contribution in [0.5, 0.6) is 0 Å². The molecule has 0 saturated heterocycles. The average Bonchev–Trinajstić information content (AvgIpc) is 3.08. The molecule has 172 valence electrons. The second kappa shape index (κ2) is 8.80. The molecule has 2 amide bonds. The number of alkyl halides is 3. The Morgan fingerprint density at radius 3 is 2.48 bits per heavy atom. The lowest BCUT2D eigenvalue weighted by atomic mass is 9.92. The van der Waals surface area contributed by atoms with Crippen molar-refractivity contribution in [3.63, 3.8) is 0 Å². The van der Waals surface area contributed by atoms with Crippen molar-refractivity contribution in [3.05, 3.63) is 70.8 Å². The van der Waals surface area contributed by atoms with Gasteiger partial charge in [-0.25, -0.2) is 0 Å². The van der Waals surface area contributed by atoms with Crippen LogP contribution < -0.4 is 5.32 Å². The predicted molar refractivity (Wildman–Crippen MR) is 111 cm³/mol. The number of nitrogens with one attached hydrogen (secondary N) is 1. The highest BCUT2D eigenvalue weighted by atomic mass is 19.4. The average molecular weight is 458 g/mol. The summed E-state index contributed by atoms with van der Waals surface area (Å²) in [4.78, 5) is 50.7. The molecule has 0 spiro atoms. The maximum atomic E-state index is 13.1. The molecule has 2 aromatic carbocycles. The minimum atomic E-state index is -4.48. The van der Waals surface area contributed by atoms with Crippen molar-refractivity contribution in [2.24, 2.45) is 0 Å². The third-order valence-corrected chi connectivity index (χ3v) is 5.96. The third-order valence-electron chi connectivity index (χ3n) is 5.96. The molecule has 9 heteroatoms. The number of fused-ring (bicyclic) bond motifs is 1. The fourth-order valence-electron chi connectivity index (χ4n) is 4.34. The van der Waals surface area contributed by atoms with Crippen molar-refractivity contribution in [2.45, 2.75) is 50.5 Å². The van der Waals surface area contributed by atoms with E-state index in [1.54, 1.807) is 18.2 Å². The Morgan fingerprint density at radius 1 is 1.09 bits per heavy atom. The standard InChI is InChI=1S/C24H21F3N2O4/c25-24(26,27)12-19(14-4-2-1-3-5-14)28-22(32)15-6-8-18-16(10-15)13-29(23(18)33)20-9-7-17(30)11-21(20)31/h1-6,8,10,19-20H,7,9,11-13H2,(H,28,32)/t19-,20?/m0/s1. The fraction of sp³-hybridized carbons (Fsp3) is 0.333. The molecule has 2 atom stereocenters. The SMILES string of the molecule is O=C1CCC(N2Cc3cc(C(=O)N[C@@H](CC(F)(F)F)c4ccccc4)ccc3C2=O)C(=O)C1. The van der Waals surface area contributed by atoms with Crippen molar-refractivity contribution in [1.82, 2.24) is 10.2 Å². The van der Waals surface area contributed by atoms with Crippen LogP contribution in [0.25, 0.3) is 0 Å². The first kappa shape index (κ1) is 22.7. The number of rotatable bonds is 5. The molecule has 0 bridgehead atoms. The first-order chi connectivity index (χ1) is 15.6. The van der Waals surface area contributed by atoms with E-state index in [9.17, 15) is 32.3 Å². The van der Waals surface area contributed by atoms with E-state index >= 15 is 0 Å². The molecule has 4 rings (SSSR count). The molecule has 1 fully saturated rings. The second-order valence-corrected chi connectivity index (χ2v) is 8.30. The van der Waals surface area contributed by atoms with Crippen molar-refractivity contribution in [2.75, 3.05) is 0 Å². The number of carbonyl (C=O) groups is 4. The van der Waals surface area contributed by atoms with Gasteiger partial charge in [-0.1, -0.05) is 30.3 Å². The molecule has 1 aliphatic heterocycles. The zero-order valence-electron chi connectivity index (χ0n) is 17.5. The topological polar surface area (TPSA) is 83.6 Å². The van der Waals surface area contributed by atoms with E-state index in [2.05, 4.69) is 5.32 Å².